The third kappa shape index (κ3) is 17.9. The first kappa shape index (κ1) is 31.8. The van der Waals surface area contributed by atoms with Gasteiger partial charge in [0, 0.05) is 6.61 Å². The zero-order valence-electron chi connectivity index (χ0n) is 22.2. The molecule has 31 heavy (non-hydrogen) atoms. The fourth-order valence-corrected chi connectivity index (χ4v) is 27.6. The molecule has 1 unspecified atom stereocenters. The average Bonchev–Trinajstić information content (AvgIpc) is 2.45. The smallest absolute Gasteiger partial charge is 0.314 e. The zero-order valence-corrected chi connectivity index (χ0v) is 27.2. The van der Waals surface area contributed by atoms with Gasteiger partial charge in [-0.15, -0.1) is 0 Å². The maximum atomic E-state index is 8.76. The number of aliphatic hydroxyl groups excluding tert-OH is 1. The topological polar surface area (TPSA) is 75.6 Å². The quantitative estimate of drug-likeness (QED) is 0.209. The molecule has 188 valence electrons. The van der Waals surface area contributed by atoms with Gasteiger partial charge in [-0.3, -0.25) is 0 Å². The molecule has 0 fully saturated rings. The van der Waals surface area contributed by atoms with Crippen molar-refractivity contribution in [3.05, 3.63) is 0 Å². The Kier molecular flexibility index (Phi) is 13.4. The third-order valence-corrected chi connectivity index (χ3v) is 22.0. The Bertz CT molecular complexity index is 510. The summed E-state index contributed by atoms with van der Waals surface area (Å²) >= 11 is 0. The van der Waals surface area contributed by atoms with E-state index in [0.717, 1.165) is 12.5 Å². The van der Waals surface area contributed by atoms with E-state index in [1.54, 1.807) is 0 Å². The Hall–Kier alpha value is 0.804. The highest BCUT2D eigenvalue weighted by atomic mass is 28.5. The Morgan fingerprint density at radius 1 is 0.677 bits per heavy atom. The molecule has 0 saturated carbocycles. The van der Waals surface area contributed by atoms with E-state index in [0.29, 0.717) is 19.8 Å². The summed E-state index contributed by atoms with van der Waals surface area (Å²) < 4.78 is 37.2. The highest BCUT2D eigenvalue weighted by molar-refractivity contribution is 6.90. The van der Waals surface area contributed by atoms with E-state index < -0.39 is 42.3 Å². The van der Waals surface area contributed by atoms with Crippen LogP contribution in [0.25, 0.3) is 0 Å². The van der Waals surface area contributed by atoms with E-state index in [1.807, 2.05) is 6.92 Å². The van der Waals surface area contributed by atoms with Crippen LogP contribution in [0.4, 0.5) is 0 Å². The number of hydrogen-bond donors (Lipinski definition) is 1. The largest absolute Gasteiger partial charge is 0.437 e. The molecular formula is C19H50O7Si5. The molecule has 0 aliphatic heterocycles. The fourth-order valence-electron chi connectivity index (χ4n) is 3.84. The molecule has 0 heterocycles. The molecule has 1 N–H and O–H groups in total. The predicted octanol–water partition coefficient (Wildman–Crippen LogP) is 5.00. The summed E-state index contributed by atoms with van der Waals surface area (Å²) in [5.41, 5.74) is 0. The van der Waals surface area contributed by atoms with E-state index in [1.165, 1.54) is 0 Å². The average molecular weight is 531 g/mol. The van der Waals surface area contributed by atoms with Crippen molar-refractivity contribution in [1.29, 1.82) is 0 Å². The van der Waals surface area contributed by atoms with Gasteiger partial charge in [-0.2, -0.15) is 0 Å². The minimum atomic E-state index is -2.38. The summed E-state index contributed by atoms with van der Waals surface area (Å²) in [5, 5.41) is 8.76. The zero-order chi connectivity index (χ0) is 24.6. The van der Waals surface area contributed by atoms with E-state index in [9.17, 15) is 0 Å². The van der Waals surface area contributed by atoms with Gasteiger partial charge in [0.2, 0.25) is 0 Å². The minimum Gasteiger partial charge on any atom is -0.437 e. The number of rotatable bonds is 17. The van der Waals surface area contributed by atoms with Crippen LogP contribution in [0.15, 0.2) is 0 Å². The van der Waals surface area contributed by atoms with Crippen molar-refractivity contribution < 1.29 is 31.0 Å². The minimum absolute atomic E-state index is 0.0289. The van der Waals surface area contributed by atoms with Crippen LogP contribution in [0.3, 0.4) is 0 Å². The van der Waals surface area contributed by atoms with Crippen LogP contribution in [0.5, 0.6) is 0 Å². The van der Waals surface area contributed by atoms with Gasteiger partial charge in [-0.25, -0.2) is 0 Å². The molecule has 7 nitrogen and oxygen atoms in total. The molecule has 1 atom stereocenters. The summed E-state index contributed by atoms with van der Waals surface area (Å²) in [5.74, 6) is 0. The fraction of sp³-hybridized carbons (Fsp3) is 1.00. The van der Waals surface area contributed by atoms with Crippen LogP contribution in [0.2, 0.25) is 78.1 Å². The van der Waals surface area contributed by atoms with Crippen LogP contribution in [0.1, 0.15) is 13.3 Å². The van der Waals surface area contributed by atoms with Crippen LogP contribution in [0, 0.1) is 0 Å². The van der Waals surface area contributed by atoms with Crippen molar-refractivity contribution in [1.82, 2.24) is 0 Å². The molecule has 0 spiro atoms. The highest BCUT2D eigenvalue weighted by Gasteiger charge is 2.45. The molecule has 0 aromatic carbocycles. The van der Waals surface area contributed by atoms with Crippen LogP contribution < -0.4 is 0 Å². The maximum Gasteiger partial charge on any atom is 0.314 e. The van der Waals surface area contributed by atoms with Gasteiger partial charge in [0.05, 0.1) is 25.9 Å². The van der Waals surface area contributed by atoms with Crippen LogP contribution in [-0.2, 0) is 25.9 Å². The van der Waals surface area contributed by atoms with Crippen molar-refractivity contribution in [3.8, 4) is 0 Å². The van der Waals surface area contributed by atoms with Crippen LogP contribution >= 0.6 is 0 Å². The third-order valence-electron chi connectivity index (χ3n) is 3.97. The summed E-state index contributed by atoms with van der Waals surface area (Å²) in [7, 11) is -10.5. The van der Waals surface area contributed by atoms with Gasteiger partial charge in [0.1, 0.15) is 0 Å². The van der Waals surface area contributed by atoms with Crippen molar-refractivity contribution in [2.75, 3.05) is 26.4 Å². The van der Waals surface area contributed by atoms with E-state index in [2.05, 4.69) is 72.0 Å². The molecule has 0 rings (SSSR count). The Morgan fingerprint density at radius 3 is 1.65 bits per heavy atom. The molecule has 0 aliphatic rings. The van der Waals surface area contributed by atoms with Crippen molar-refractivity contribution >= 4 is 42.3 Å². The first-order chi connectivity index (χ1) is 13.8. The number of ether oxygens (including phenoxy) is 2. The Balaban J connectivity index is 4.59. The standard InChI is InChI=1S/C19H50O7Si5/c1-19(18-21-16-14-20)22-15-13-17-28(5,6)24-30(9,10)26-31(11,12)25-29(7,8)23-27(2,3)4/h19-20H,13-18H2,1-12H3. The summed E-state index contributed by atoms with van der Waals surface area (Å²) in [6, 6.07) is 1.01. The van der Waals surface area contributed by atoms with Gasteiger partial charge in [0.15, 0.2) is 16.6 Å². The first-order valence-electron chi connectivity index (χ1n) is 11.4. The molecule has 0 aromatic heterocycles. The lowest BCUT2D eigenvalue weighted by Gasteiger charge is -2.42. The monoisotopic (exact) mass is 530 g/mol. The predicted molar refractivity (Wildman–Crippen MR) is 140 cm³/mol. The molecule has 0 amide bonds. The molecule has 0 bridgehead atoms. The van der Waals surface area contributed by atoms with Crippen molar-refractivity contribution in [2.24, 2.45) is 0 Å². The van der Waals surface area contributed by atoms with Crippen molar-refractivity contribution in [3.63, 3.8) is 0 Å². The van der Waals surface area contributed by atoms with Gasteiger partial charge in [-0.05, 0) is 91.4 Å². The van der Waals surface area contributed by atoms with E-state index >= 15 is 0 Å². The SMILES string of the molecule is CC(COCCO)OCCC[Si](C)(C)O[Si](C)(C)O[Si](C)(C)O[Si](C)(C)O[Si](C)(C)C. The summed E-state index contributed by atoms with van der Waals surface area (Å²) in [6.45, 7) is 27.4. The number of aliphatic hydroxyl groups is 1. The lowest BCUT2D eigenvalue weighted by Crippen LogP contribution is -2.58. The number of hydrogen-bond acceptors (Lipinski definition) is 7. The Morgan fingerprint density at radius 2 is 1.16 bits per heavy atom. The van der Waals surface area contributed by atoms with Gasteiger partial charge >= 0.3 is 25.7 Å². The normalized spacial score (nSPS) is 15.4. The second kappa shape index (κ2) is 13.0. The van der Waals surface area contributed by atoms with Gasteiger partial charge in [0.25, 0.3) is 0 Å². The van der Waals surface area contributed by atoms with Gasteiger partial charge < -0.3 is 31.0 Å². The molecule has 0 aromatic rings. The van der Waals surface area contributed by atoms with Gasteiger partial charge in [-0.1, -0.05) is 0 Å². The molecule has 0 saturated heterocycles. The molecule has 0 aliphatic carbocycles. The second-order valence-corrected chi connectivity index (χ2v) is 31.0. The molecule has 0 radical (unpaired) electrons. The second-order valence-electron chi connectivity index (χ2n) is 11.1. The van der Waals surface area contributed by atoms with Crippen molar-refractivity contribution in [2.45, 2.75) is 97.5 Å². The molecule has 12 heteroatoms. The lowest BCUT2D eigenvalue weighted by molar-refractivity contribution is -0.0144. The van der Waals surface area contributed by atoms with Crippen LogP contribution in [-0.4, -0.2) is 80.0 Å². The summed E-state index contributed by atoms with van der Waals surface area (Å²) in [6.07, 6.45) is 0.983. The first-order valence-corrected chi connectivity index (χ1v) is 26.4. The Labute approximate surface area is 197 Å². The van der Waals surface area contributed by atoms with E-state index in [4.69, 9.17) is 31.0 Å². The highest BCUT2D eigenvalue weighted by Crippen LogP contribution is 2.27. The van der Waals surface area contributed by atoms with E-state index in [-0.39, 0.29) is 12.7 Å². The summed E-state index contributed by atoms with van der Waals surface area (Å²) in [4.78, 5) is 0. The molecular weight excluding hydrogens is 481 g/mol. The maximum absolute atomic E-state index is 8.76. The lowest BCUT2D eigenvalue weighted by atomic mass is 10.4.